The van der Waals surface area contributed by atoms with E-state index in [0.717, 1.165) is 32.1 Å². The minimum atomic E-state index is -0.486. The summed E-state index contributed by atoms with van der Waals surface area (Å²) in [6, 6.07) is -0.463. The van der Waals surface area contributed by atoms with E-state index in [1.165, 1.54) is 0 Å². The van der Waals surface area contributed by atoms with Gasteiger partial charge in [-0.15, -0.1) is 0 Å². The third-order valence-electron chi connectivity index (χ3n) is 3.71. The van der Waals surface area contributed by atoms with Crippen LogP contribution in [0.25, 0.3) is 0 Å². The molecule has 1 unspecified atom stereocenters. The maximum atomic E-state index is 12.2. The summed E-state index contributed by atoms with van der Waals surface area (Å²) < 4.78 is 5.05. The van der Waals surface area contributed by atoms with Crippen LogP contribution in [0.2, 0.25) is 0 Å². The first-order chi connectivity index (χ1) is 9.07. The van der Waals surface area contributed by atoms with Crippen LogP contribution in [0.3, 0.4) is 0 Å². The Kier molecular flexibility index (Phi) is 4.19. The molecule has 106 valence electrons. The second-order valence-corrected chi connectivity index (χ2v) is 5.31. The number of nitrogens with two attached hydrogens (primary N) is 1. The van der Waals surface area contributed by atoms with E-state index in [2.05, 4.69) is 15.5 Å². The molecule has 0 saturated heterocycles. The molecule has 0 bridgehead atoms. The molecule has 19 heavy (non-hydrogen) atoms. The lowest BCUT2D eigenvalue weighted by molar-refractivity contribution is -0.124. The number of carbonyl (C=O) groups excluding carboxylic acids is 1. The fourth-order valence-corrected chi connectivity index (χ4v) is 2.65. The normalized spacial score (nSPS) is 19.3. The first kappa shape index (κ1) is 14.0. The molecule has 1 aliphatic carbocycles. The average Bonchev–Trinajstić information content (AvgIpc) is 2.99. The Bertz CT molecular complexity index is 438. The molecular formula is C13H22N4O2. The van der Waals surface area contributed by atoms with Crippen molar-refractivity contribution < 1.29 is 9.32 Å². The van der Waals surface area contributed by atoms with Gasteiger partial charge in [-0.3, -0.25) is 4.79 Å². The molecular weight excluding hydrogens is 244 g/mol. The lowest BCUT2D eigenvalue weighted by Crippen LogP contribution is -2.51. The van der Waals surface area contributed by atoms with E-state index in [4.69, 9.17) is 10.3 Å². The van der Waals surface area contributed by atoms with Crippen LogP contribution < -0.4 is 11.1 Å². The summed E-state index contributed by atoms with van der Waals surface area (Å²) in [5.41, 5.74) is 5.39. The molecule has 0 radical (unpaired) electrons. The molecule has 1 heterocycles. The van der Waals surface area contributed by atoms with Crippen LogP contribution in [-0.2, 0) is 10.3 Å². The molecule has 6 heteroatoms. The molecule has 6 nitrogen and oxygen atoms in total. The highest BCUT2D eigenvalue weighted by molar-refractivity contribution is 5.82. The molecule has 1 amide bonds. The number of rotatable bonds is 5. The van der Waals surface area contributed by atoms with E-state index in [1.807, 2.05) is 6.92 Å². The summed E-state index contributed by atoms with van der Waals surface area (Å²) in [5, 5.41) is 7.04. The monoisotopic (exact) mass is 266 g/mol. The third-order valence-corrected chi connectivity index (χ3v) is 3.71. The van der Waals surface area contributed by atoms with Crippen molar-refractivity contribution in [3.63, 3.8) is 0 Å². The summed E-state index contributed by atoms with van der Waals surface area (Å²) in [6.45, 7) is 3.77. The lowest BCUT2D eigenvalue weighted by Gasteiger charge is -2.28. The molecule has 1 fully saturated rings. The van der Waals surface area contributed by atoms with Crippen LogP contribution in [0.15, 0.2) is 4.52 Å². The molecule has 1 saturated carbocycles. The molecule has 0 aliphatic heterocycles. The SMILES string of the molecule is CCCC(N)C(=O)NC1(c2noc(C)n2)CCCC1. The van der Waals surface area contributed by atoms with Crippen LogP contribution in [0.4, 0.5) is 0 Å². The molecule has 2 rings (SSSR count). The lowest BCUT2D eigenvalue weighted by atomic mass is 9.95. The summed E-state index contributed by atoms with van der Waals surface area (Å²) in [6.07, 6.45) is 5.37. The first-order valence-corrected chi connectivity index (χ1v) is 6.96. The van der Waals surface area contributed by atoms with Crippen molar-refractivity contribution in [2.75, 3.05) is 0 Å². The van der Waals surface area contributed by atoms with Crippen molar-refractivity contribution >= 4 is 5.91 Å². The quantitative estimate of drug-likeness (QED) is 0.840. The Hall–Kier alpha value is -1.43. The highest BCUT2D eigenvalue weighted by Crippen LogP contribution is 2.37. The molecule has 1 aromatic heterocycles. The van der Waals surface area contributed by atoms with Gasteiger partial charge in [0.1, 0.15) is 5.54 Å². The van der Waals surface area contributed by atoms with E-state index in [-0.39, 0.29) is 5.91 Å². The Balaban J connectivity index is 2.14. The van der Waals surface area contributed by atoms with Crippen molar-refractivity contribution in [3.05, 3.63) is 11.7 Å². The number of nitrogens with zero attached hydrogens (tertiary/aromatic N) is 2. The van der Waals surface area contributed by atoms with Gasteiger partial charge < -0.3 is 15.6 Å². The third kappa shape index (κ3) is 2.94. The van der Waals surface area contributed by atoms with Crippen molar-refractivity contribution in [2.24, 2.45) is 5.73 Å². The zero-order chi connectivity index (χ0) is 13.9. The second-order valence-electron chi connectivity index (χ2n) is 5.31. The van der Waals surface area contributed by atoms with Gasteiger partial charge in [-0.25, -0.2) is 0 Å². The number of hydrogen-bond donors (Lipinski definition) is 2. The fraction of sp³-hybridized carbons (Fsp3) is 0.769. The first-order valence-electron chi connectivity index (χ1n) is 6.96. The summed E-state index contributed by atoms with van der Waals surface area (Å²) in [7, 11) is 0. The summed E-state index contributed by atoms with van der Waals surface area (Å²) in [5.74, 6) is 0.985. The molecule has 0 aromatic carbocycles. The predicted molar refractivity (Wildman–Crippen MR) is 70.2 cm³/mol. The van der Waals surface area contributed by atoms with Crippen LogP contribution >= 0.6 is 0 Å². The molecule has 1 aromatic rings. The smallest absolute Gasteiger partial charge is 0.237 e. The minimum absolute atomic E-state index is 0.119. The Labute approximate surface area is 113 Å². The van der Waals surface area contributed by atoms with Gasteiger partial charge in [0.2, 0.25) is 11.8 Å². The van der Waals surface area contributed by atoms with E-state index in [9.17, 15) is 4.79 Å². The second kappa shape index (κ2) is 5.69. The van der Waals surface area contributed by atoms with Crippen LogP contribution in [0.5, 0.6) is 0 Å². The Morgan fingerprint density at radius 1 is 1.53 bits per heavy atom. The molecule has 1 atom stereocenters. The Morgan fingerprint density at radius 3 is 2.74 bits per heavy atom. The highest BCUT2D eigenvalue weighted by atomic mass is 16.5. The van der Waals surface area contributed by atoms with Crippen LogP contribution in [0.1, 0.15) is 57.2 Å². The highest BCUT2D eigenvalue weighted by Gasteiger charge is 2.41. The average molecular weight is 266 g/mol. The van der Waals surface area contributed by atoms with E-state index in [1.54, 1.807) is 6.92 Å². The number of aromatic nitrogens is 2. The predicted octanol–water partition coefficient (Wildman–Crippen LogP) is 1.39. The van der Waals surface area contributed by atoms with Gasteiger partial charge in [0.05, 0.1) is 6.04 Å². The van der Waals surface area contributed by atoms with E-state index >= 15 is 0 Å². The van der Waals surface area contributed by atoms with Crippen LogP contribution in [-0.4, -0.2) is 22.1 Å². The standard InChI is InChI=1S/C13H22N4O2/c1-3-6-10(14)11(18)16-13(7-4-5-8-13)12-15-9(2)19-17-12/h10H,3-8,14H2,1-2H3,(H,16,18). The summed E-state index contributed by atoms with van der Waals surface area (Å²) in [4.78, 5) is 16.4. The van der Waals surface area contributed by atoms with E-state index < -0.39 is 11.6 Å². The molecule has 0 spiro atoms. The Morgan fingerprint density at radius 2 is 2.21 bits per heavy atom. The number of hydrogen-bond acceptors (Lipinski definition) is 5. The fourth-order valence-electron chi connectivity index (χ4n) is 2.65. The van der Waals surface area contributed by atoms with Crippen molar-refractivity contribution in [3.8, 4) is 0 Å². The summed E-state index contributed by atoms with van der Waals surface area (Å²) >= 11 is 0. The van der Waals surface area contributed by atoms with Crippen molar-refractivity contribution in [1.82, 2.24) is 15.5 Å². The minimum Gasteiger partial charge on any atom is -0.342 e. The van der Waals surface area contributed by atoms with Gasteiger partial charge in [0, 0.05) is 6.92 Å². The van der Waals surface area contributed by atoms with Gasteiger partial charge in [-0.05, 0) is 19.3 Å². The van der Waals surface area contributed by atoms with Crippen LogP contribution in [0, 0.1) is 6.92 Å². The topological polar surface area (TPSA) is 94.0 Å². The van der Waals surface area contributed by atoms with Gasteiger partial charge in [0.25, 0.3) is 0 Å². The maximum Gasteiger partial charge on any atom is 0.237 e. The largest absolute Gasteiger partial charge is 0.342 e. The molecule has 1 aliphatic rings. The van der Waals surface area contributed by atoms with Crippen molar-refractivity contribution in [1.29, 1.82) is 0 Å². The number of aryl methyl sites for hydroxylation is 1. The number of amides is 1. The van der Waals surface area contributed by atoms with Gasteiger partial charge in [0.15, 0.2) is 5.82 Å². The maximum absolute atomic E-state index is 12.2. The van der Waals surface area contributed by atoms with Gasteiger partial charge >= 0.3 is 0 Å². The van der Waals surface area contributed by atoms with Gasteiger partial charge in [-0.1, -0.05) is 31.3 Å². The van der Waals surface area contributed by atoms with E-state index in [0.29, 0.717) is 18.1 Å². The number of carbonyl (C=O) groups is 1. The van der Waals surface area contributed by atoms with Crippen molar-refractivity contribution in [2.45, 2.75) is 64.0 Å². The van der Waals surface area contributed by atoms with Gasteiger partial charge in [-0.2, -0.15) is 4.98 Å². The molecule has 3 N–H and O–H groups in total. The zero-order valence-corrected chi connectivity index (χ0v) is 11.6. The zero-order valence-electron chi connectivity index (χ0n) is 11.6. The number of nitrogens with one attached hydrogen (secondary N) is 1.